The molecule has 1 aromatic rings. The largest absolute Gasteiger partial charge is 0.374 e. The van der Waals surface area contributed by atoms with Crippen molar-refractivity contribution in [3.63, 3.8) is 0 Å². The Hall–Kier alpha value is -1.36. The normalized spacial score (nSPS) is 25.0. The molecule has 1 aliphatic heterocycles. The summed E-state index contributed by atoms with van der Waals surface area (Å²) in [5.41, 5.74) is 0. The first-order valence-electron chi connectivity index (χ1n) is 7.68. The van der Waals surface area contributed by atoms with Gasteiger partial charge in [0.1, 0.15) is 18.2 Å². The molecule has 0 spiro atoms. The highest BCUT2D eigenvalue weighted by Crippen LogP contribution is 2.39. The summed E-state index contributed by atoms with van der Waals surface area (Å²) in [7, 11) is 1.90. The predicted octanol–water partition coefficient (Wildman–Crippen LogP) is 2.29. The van der Waals surface area contributed by atoms with Gasteiger partial charge in [0.05, 0.1) is 0 Å². The van der Waals surface area contributed by atoms with E-state index < -0.39 is 0 Å². The Morgan fingerprint density at radius 2 is 2.05 bits per heavy atom. The van der Waals surface area contributed by atoms with Crippen LogP contribution in [0.5, 0.6) is 0 Å². The number of rotatable bonds is 5. The molecule has 110 valence electrons. The second-order valence-electron chi connectivity index (χ2n) is 5.77. The first kappa shape index (κ1) is 13.6. The molecule has 1 aromatic heterocycles. The molecule has 2 aliphatic rings. The van der Waals surface area contributed by atoms with E-state index in [1.165, 1.54) is 19.3 Å². The molecule has 2 atom stereocenters. The van der Waals surface area contributed by atoms with Crippen molar-refractivity contribution in [1.82, 2.24) is 9.97 Å². The first-order valence-corrected chi connectivity index (χ1v) is 7.68. The molecule has 2 heterocycles. The van der Waals surface area contributed by atoms with E-state index in [4.69, 9.17) is 4.74 Å². The Labute approximate surface area is 120 Å². The van der Waals surface area contributed by atoms with Crippen LogP contribution in [0.4, 0.5) is 11.6 Å². The number of hydrogen-bond donors (Lipinski definition) is 1. The molecule has 1 saturated heterocycles. The number of hydrogen-bond acceptors (Lipinski definition) is 5. The van der Waals surface area contributed by atoms with E-state index in [2.05, 4.69) is 26.3 Å². The third-order valence-electron chi connectivity index (χ3n) is 4.50. The molecule has 20 heavy (non-hydrogen) atoms. The number of nitrogens with zero attached hydrogens (tertiary/aromatic N) is 3. The van der Waals surface area contributed by atoms with Crippen molar-refractivity contribution in [3.8, 4) is 0 Å². The molecular weight excluding hydrogens is 252 g/mol. The maximum atomic E-state index is 5.44. The van der Waals surface area contributed by atoms with Gasteiger partial charge >= 0.3 is 0 Å². The van der Waals surface area contributed by atoms with E-state index >= 15 is 0 Å². The monoisotopic (exact) mass is 276 g/mol. The van der Waals surface area contributed by atoms with Crippen molar-refractivity contribution in [3.05, 3.63) is 11.9 Å². The van der Waals surface area contributed by atoms with Crippen LogP contribution in [0.3, 0.4) is 0 Å². The zero-order valence-electron chi connectivity index (χ0n) is 12.4. The topological polar surface area (TPSA) is 50.3 Å². The van der Waals surface area contributed by atoms with Gasteiger partial charge in [-0.3, -0.25) is 0 Å². The smallest absolute Gasteiger partial charge is 0.158 e. The molecule has 0 bridgehead atoms. The molecule has 3 rings (SSSR count). The van der Waals surface area contributed by atoms with Crippen LogP contribution in [0.25, 0.3) is 0 Å². The fourth-order valence-corrected chi connectivity index (χ4v) is 3.45. The van der Waals surface area contributed by atoms with Crippen molar-refractivity contribution in [1.29, 1.82) is 0 Å². The quantitative estimate of drug-likeness (QED) is 0.894. The maximum Gasteiger partial charge on any atom is 0.158 e. The summed E-state index contributed by atoms with van der Waals surface area (Å²) in [6.07, 6.45) is 4.18. The van der Waals surface area contributed by atoms with Crippen molar-refractivity contribution in [2.45, 2.75) is 32.8 Å². The molecular formula is C15H24N4O. The minimum Gasteiger partial charge on any atom is -0.374 e. The lowest BCUT2D eigenvalue weighted by atomic mass is 10.0. The lowest BCUT2D eigenvalue weighted by Gasteiger charge is -2.19. The summed E-state index contributed by atoms with van der Waals surface area (Å²) in [6, 6.07) is 2.05. The Balaban J connectivity index is 1.78. The highest BCUT2D eigenvalue weighted by molar-refractivity contribution is 5.50. The zero-order chi connectivity index (χ0) is 13.9. The molecule has 1 N–H and O–H groups in total. The summed E-state index contributed by atoms with van der Waals surface area (Å²) in [6.45, 7) is 5.47. The third kappa shape index (κ3) is 2.73. The van der Waals surface area contributed by atoms with E-state index in [0.717, 1.165) is 42.4 Å². The molecule has 0 aromatic carbocycles. The minimum atomic E-state index is 0.486. The summed E-state index contributed by atoms with van der Waals surface area (Å²) < 4.78 is 5.44. The van der Waals surface area contributed by atoms with Gasteiger partial charge in [0.15, 0.2) is 5.82 Å². The first-order chi connectivity index (χ1) is 9.80. The minimum absolute atomic E-state index is 0.486. The van der Waals surface area contributed by atoms with E-state index in [0.29, 0.717) is 13.2 Å². The molecule has 0 radical (unpaired) electrons. The molecule has 1 saturated carbocycles. The Morgan fingerprint density at radius 1 is 1.30 bits per heavy atom. The predicted molar refractivity (Wildman–Crippen MR) is 80.0 cm³/mol. The van der Waals surface area contributed by atoms with Crippen molar-refractivity contribution in [2.24, 2.45) is 11.8 Å². The molecule has 0 amide bonds. The van der Waals surface area contributed by atoms with Crippen LogP contribution >= 0.6 is 0 Å². The van der Waals surface area contributed by atoms with Gasteiger partial charge in [-0.2, -0.15) is 0 Å². The second kappa shape index (κ2) is 5.95. The number of fused-ring (bicyclic) bond motifs is 1. The summed E-state index contributed by atoms with van der Waals surface area (Å²) in [4.78, 5) is 11.6. The highest BCUT2D eigenvalue weighted by Gasteiger charge is 2.36. The molecule has 5 nitrogen and oxygen atoms in total. The van der Waals surface area contributed by atoms with E-state index in [1.54, 1.807) is 0 Å². The standard InChI is InChI=1S/C15H24N4O/c1-3-20-10-14-17-13(16-2)7-15(18-14)19-8-11-5-4-6-12(11)9-19/h7,11-12H,3-6,8-10H2,1-2H3,(H,16,17,18). The van der Waals surface area contributed by atoms with Gasteiger partial charge in [-0.25, -0.2) is 9.97 Å². The Bertz CT molecular complexity index is 453. The van der Waals surface area contributed by atoms with Crippen LogP contribution in [-0.2, 0) is 11.3 Å². The van der Waals surface area contributed by atoms with Crippen LogP contribution < -0.4 is 10.2 Å². The molecule has 2 unspecified atom stereocenters. The van der Waals surface area contributed by atoms with Gasteiger partial charge in [0, 0.05) is 32.8 Å². The number of anilines is 2. The second-order valence-corrected chi connectivity index (χ2v) is 5.77. The zero-order valence-corrected chi connectivity index (χ0v) is 12.4. The number of ether oxygens (including phenoxy) is 1. The highest BCUT2D eigenvalue weighted by atomic mass is 16.5. The van der Waals surface area contributed by atoms with E-state index in [-0.39, 0.29) is 0 Å². The Morgan fingerprint density at radius 3 is 2.70 bits per heavy atom. The van der Waals surface area contributed by atoms with Gasteiger partial charge in [-0.05, 0) is 31.6 Å². The fourth-order valence-electron chi connectivity index (χ4n) is 3.45. The van der Waals surface area contributed by atoms with Gasteiger partial charge in [-0.15, -0.1) is 0 Å². The van der Waals surface area contributed by atoms with E-state index in [1.807, 2.05) is 14.0 Å². The van der Waals surface area contributed by atoms with Crippen LogP contribution in [-0.4, -0.2) is 36.7 Å². The van der Waals surface area contributed by atoms with Gasteiger partial charge in [-0.1, -0.05) is 6.42 Å². The maximum absolute atomic E-state index is 5.44. The molecule has 1 aliphatic carbocycles. The number of nitrogens with one attached hydrogen (secondary N) is 1. The van der Waals surface area contributed by atoms with Crippen molar-refractivity contribution < 1.29 is 4.74 Å². The van der Waals surface area contributed by atoms with Crippen LogP contribution in [0.15, 0.2) is 6.07 Å². The molecule has 2 fully saturated rings. The number of aromatic nitrogens is 2. The lowest BCUT2D eigenvalue weighted by Crippen LogP contribution is -2.23. The van der Waals surface area contributed by atoms with Crippen molar-refractivity contribution in [2.75, 3.05) is 37.0 Å². The summed E-state index contributed by atoms with van der Waals surface area (Å²) >= 11 is 0. The summed E-state index contributed by atoms with van der Waals surface area (Å²) in [5.74, 6) is 4.44. The van der Waals surface area contributed by atoms with Crippen molar-refractivity contribution >= 4 is 11.6 Å². The SMILES string of the molecule is CCOCc1nc(NC)cc(N2CC3CCCC3C2)n1. The van der Waals surface area contributed by atoms with Crippen LogP contribution in [0.1, 0.15) is 32.0 Å². The summed E-state index contributed by atoms with van der Waals surface area (Å²) in [5, 5.41) is 3.12. The fraction of sp³-hybridized carbons (Fsp3) is 0.733. The average Bonchev–Trinajstić information content (AvgIpc) is 3.05. The third-order valence-corrected chi connectivity index (χ3v) is 4.50. The van der Waals surface area contributed by atoms with Gasteiger partial charge in [0.25, 0.3) is 0 Å². The Kier molecular flexibility index (Phi) is 4.05. The lowest BCUT2D eigenvalue weighted by molar-refractivity contribution is 0.128. The van der Waals surface area contributed by atoms with Gasteiger partial charge < -0.3 is 15.0 Å². The molecule has 5 heteroatoms. The van der Waals surface area contributed by atoms with E-state index in [9.17, 15) is 0 Å². The van der Waals surface area contributed by atoms with Crippen LogP contribution in [0, 0.1) is 11.8 Å². The van der Waals surface area contributed by atoms with Crippen LogP contribution in [0.2, 0.25) is 0 Å². The average molecular weight is 276 g/mol. The van der Waals surface area contributed by atoms with Gasteiger partial charge in [0.2, 0.25) is 0 Å².